The summed E-state index contributed by atoms with van der Waals surface area (Å²) in [5.74, 6) is 0. The second-order valence-electron chi connectivity index (χ2n) is 14.6. The zero-order valence-corrected chi connectivity index (χ0v) is 31.0. The first-order valence-electron chi connectivity index (χ1n) is 19.4. The highest BCUT2D eigenvalue weighted by Gasteiger charge is 2.21. The molecule has 1 nitrogen and oxygen atoms in total. The topological polar surface area (TPSA) is 12.0 Å². The Morgan fingerprint density at radius 2 is 0.607 bits per heavy atom. The third kappa shape index (κ3) is 6.52. The highest BCUT2D eigenvalue weighted by Crippen LogP contribution is 2.40. The molecule has 262 valence electrons. The summed E-state index contributed by atoms with van der Waals surface area (Å²) >= 11 is 0. The van der Waals surface area contributed by atoms with Gasteiger partial charge in [0.15, 0.2) is 7.28 Å². The second kappa shape index (κ2) is 14.6. The van der Waals surface area contributed by atoms with Gasteiger partial charge in [-0.1, -0.05) is 187 Å². The van der Waals surface area contributed by atoms with Crippen LogP contribution >= 0.6 is 0 Å². The highest BCUT2D eigenvalue weighted by molar-refractivity contribution is 6.70. The van der Waals surface area contributed by atoms with E-state index in [-0.39, 0.29) is 0 Å². The van der Waals surface area contributed by atoms with E-state index in [1.54, 1.807) is 0 Å². The number of benzene rings is 9. The van der Waals surface area contributed by atoms with E-state index in [2.05, 4.69) is 224 Å². The first kappa shape index (κ1) is 33.4. The van der Waals surface area contributed by atoms with Gasteiger partial charge in [0.1, 0.15) is 0 Å². The van der Waals surface area contributed by atoms with Gasteiger partial charge in [0.25, 0.3) is 0 Å². The van der Waals surface area contributed by atoms with Crippen LogP contribution in [0.3, 0.4) is 0 Å². The van der Waals surface area contributed by atoms with Crippen molar-refractivity contribution in [3.05, 3.63) is 218 Å². The maximum Gasteiger partial charge on any atom is 0.193 e. The van der Waals surface area contributed by atoms with E-state index in [0.29, 0.717) is 0 Å². The Kier molecular flexibility index (Phi) is 8.70. The summed E-state index contributed by atoms with van der Waals surface area (Å²) in [6.45, 7) is 0. The maximum absolute atomic E-state index is 3.95. The zero-order chi connectivity index (χ0) is 37.3. The fraction of sp³-hybridized carbons (Fsp3) is 0. The standard InChI is InChI=1S/C54H38BN/c1-5-15-37(16-6-1)41-26-29-53-49(34-41)47-23-13-14-24-51(47)55-52-36-43(25-28-48(52)50-35-42(27-30-54(50)56-53)38-17-7-2-8-18-38)46-32-44(39-19-9-3-10-20-39)31-45(33-46)40-21-11-4-12-22-40/h1-36,55-56H. The van der Waals surface area contributed by atoms with Gasteiger partial charge in [-0.05, 0) is 109 Å². The van der Waals surface area contributed by atoms with Crippen LogP contribution in [0.15, 0.2) is 218 Å². The molecule has 10 rings (SSSR count). The Morgan fingerprint density at radius 3 is 1.11 bits per heavy atom. The lowest BCUT2D eigenvalue weighted by atomic mass is 9.59. The van der Waals surface area contributed by atoms with Crippen LogP contribution in [-0.4, -0.2) is 7.28 Å². The van der Waals surface area contributed by atoms with Gasteiger partial charge in [-0.2, -0.15) is 0 Å². The Balaban J connectivity index is 1.19. The molecule has 56 heavy (non-hydrogen) atoms. The molecule has 0 aromatic heterocycles. The lowest BCUT2D eigenvalue weighted by molar-refractivity contribution is 1.51. The fourth-order valence-corrected chi connectivity index (χ4v) is 8.23. The summed E-state index contributed by atoms with van der Waals surface area (Å²) in [7, 11) is 0.785. The van der Waals surface area contributed by atoms with Gasteiger partial charge in [0.2, 0.25) is 0 Å². The summed E-state index contributed by atoms with van der Waals surface area (Å²) in [6, 6.07) is 79.6. The molecule has 2 heteroatoms. The minimum atomic E-state index is 0.785. The van der Waals surface area contributed by atoms with Crippen LogP contribution < -0.4 is 16.2 Å². The van der Waals surface area contributed by atoms with Gasteiger partial charge in [-0.3, -0.25) is 0 Å². The van der Waals surface area contributed by atoms with Crippen LogP contribution in [0.25, 0.3) is 77.9 Å². The van der Waals surface area contributed by atoms with Crippen LogP contribution in [0.1, 0.15) is 0 Å². The second-order valence-corrected chi connectivity index (χ2v) is 14.6. The molecule has 1 N–H and O–H groups in total. The molecule has 0 aliphatic carbocycles. The third-order valence-corrected chi connectivity index (χ3v) is 11.1. The predicted octanol–water partition coefficient (Wildman–Crippen LogP) is 12.8. The molecule has 9 aromatic rings. The lowest BCUT2D eigenvalue weighted by Gasteiger charge is -2.23. The van der Waals surface area contributed by atoms with Crippen molar-refractivity contribution in [2.45, 2.75) is 0 Å². The molecule has 0 saturated heterocycles. The van der Waals surface area contributed by atoms with Crippen molar-refractivity contribution in [1.29, 1.82) is 0 Å². The van der Waals surface area contributed by atoms with Crippen molar-refractivity contribution in [1.82, 2.24) is 0 Å². The lowest BCUT2D eigenvalue weighted by Crippen LogP contribution is -2.31. The van der Waals surface area contributed by atoms with Crippen molar-refractivity contribution in [2.24, 2.45) is 0 Å². The van der Waals surface area contributed by atoms with Gasteiger partial charge >= 0.3 is 0 Å². The van der Waals surface area contributed by atoms with Crippen LogP contribution in [0.2, 0.25) is 0 Å². The summed E-state index contributed by atoms with van der Waals surface area (Å²) in [5.41, 5.74) is 21.7. The van der Waals surface area contributed by atoms with Gasteiger partial charge < -0.3 is 5.32 Å². The summed E-state index contributed by atoms with van der Waals surface area (Å²) in [4.78, 5) is 0. The first-order valence-corrected chi connectivity index (χ1v) is 19.4. The van der Waals surface area contributed by atoms with Crippen molar-refractivity contribution in [3.63, 3.8) is 0 Å². The summed E-state index contributed by atoms with van der Waals surface area (Å²) in [6.07, 6.45) is 0. The normalized spacial score (nSPS) is 11.5. The molecular formula is C54H38BN. The Morgan fingerprint density at radius 1 is 0.232 bits per heavy atom. The molecule has 0 bridgehead atoms. The SMILES string of the molecule is B1c2ccccc2-c2cc(-c3ccccc3)ccc2Nc2ccc(-c3ccccc3)cc2-c2ccc(-c3cc(-c4ccccc4)cc(-c4ccccc4)c3)cc21. The molecule has 0 spiro atoms. The molecule has 0 saturated carbocycles. The molecule has 1 heterocycles. The average molecular weight is 712 g/mol. The summed E-state index contributed by atoms with van der Waals surface area (Å²) < 4.78 is 0. The Bertz CT molecular complexity index is 2770. The monoisotopic (exact) mass is 711 g/mol. The van der Waals surface area contributed by atoms with Gasteiger partial charge in [0, 0.05) is 22.5 Å². The molecule has 1 aliphatic rings. The van der Waals surface area contributed by atoms with E-state index >= 15 is 0 Å². The fourth-order valence-electron chi connectivity index (χ4n) is 8.23. The van der Waals surface area contributed by atoms with Gasteiger partial charge in [-0.15, -0.1) is 0 Å². The van der Waals surface area contributed by atoms with Gasteiger partial charge in [0.05, 0.1) is 0 Å². The van der Waals surface area contributed by atoms with E-state index in [0.717, 1.165) is 18.7 Å². The van der Waals surface area contributed by atoms with Crippen molar-refractivity contribution in [2.75, 3.05) is 5.32 Å². The van der Waals surface area contributed by atoms with Crippen LogP contribution in [0.5, 0.6) is 0 Å². The van der Waals surface area contributed by atoms with E-state index in [9.17, 15) is 0 Å². The van der Waals surface area contributed by atoms with Gasteiger partial charge in [-0.25, -0.2) is 0 Å². The molecule has 9 aromatic carbocycles. The predicted molar refractivity (Wildman–Crippen MR) is 241 cm³/mol. The average Bonchev–Trinajstić information content (AvgIpc) is 3.28. The molecule has 0 unspecified atom stereocenters. The minimum absolute atomic E-state index is 0.785. The number of hydrogen-bond acceptors (Lipinski definition) is 1. The smallest absolute Gasteiger partial charge is 0.193 e. The van der Waals surface area contributed by atoms with Crippen LogP contribution in [0, 0.1) is 0 Å². The number of fused-ring (bicyclic) bond motifs is 6. The highest BCUT2D eigenvalue weighted by atomic mass is 14.9. The van der Waals surface area contributed by atoms with Crippen molar-refractivity contribution >= 4 is 29.6 Å². The number of anilines is 2. The Hall–Kier alpha value is -7.16. The van der Waals surface area contributed by atoms with Crippen LogP contribution in [0.4, 0.5) is 11.4 Å². The largest absolute Gasteiger partial charge is 0.355 e. The Labute approximate surface area is 329 Å². The molecule has 0 fully saturated rings. The molecular weight excluding hydrogens is 673 g/mol. The molecule has 0 atom stereocenters. The minimum Gasteiger partial charge on any atom is -0.355 e. The van der Waals surface area contributed by atoms with E-state index in [1.807, 2.05) is 0 Å². The zero-order valence-electron chi connectivity index (χ0n) is 31.0. The van der Waals surface area contributed by atoms with Crippen molar-refractivity contribution < 1.29 is 0 Å². The first-order chi connectivity index (χ1) is 27.7. The van der Waals surface area contributed by atoms with Crippen molar-refractivity contribution in [3.8, 4) is 77.9 Å². The van der Waals surface area contributed by atoms with E-state index in [1.165, 1.54) is 88.8 Å². The third-order valence-electron chi connectivity index (χ3n) is 11.1. The summed E-state index contributed by atoms with van der Waals surface area (Å²) in [5, 5.41) is 3.95. The number of rotatable bonds is 5. The maximum atomic E-state index is 3.95. The van der Waals surface area contributed by atoms with Crippen LogP contribution in [-0.2, 0) is 0 Å². The van der Waals surface area contributed by atoms with E-state index < -0.39 is 0 Å². The number of nitrogens with one attached hydrogen (secondary N) is 1. The molecule has 0 radical (unpaired) electrons. The van der Waals surface area contributed by atoms with E-state index in [4.69, 9.17) is 0 Å². The quantitative estimate of drug-likeness (QED) is 0.175. The molecule has 1 aliphatic heterocycles. The number of hydrogen-bond donors (Lipinski definition) is 1. The molecule has 0 amide bonds.